The quantitative estimate of drug-likeness (QED) is 0.534. The van der Waals surface area contributed by atoms with Crippen LogP contribution in [0.4, 0.5) is 0 Å². The van der Waals surface area contributed by atoms with Crippen molar-refractivity contribution in [1.82, 2.24) is 10.6 Å². The Morgan fingerprint density at radius 2 is 1.80 bits per heavy atom. The fourth-order valence-corrected chi connectivity index (χ4v) is 2.53. The molecule has 2 rings (SSSR count). The lowest BCUT2D eigenvalue weighted by Gasteiger charge is -2.25. The summed E-state index contributed by atoms with van der Waals surface area (Å²) < 4.78 is 5.31. The number of aliphatic imine (C=N–C) groups is 1. The van der Waals surface area contributed by atoms with E-state index < -0.39 is 5.60 Å². The van der Waals surface area contributed by atoms with Crippen LogP contribution in [0.15, 0.2) is 58.1 Å². The second kappa shape index (κ2) is 8.21. The number of rotatable bonds is 7. The number of guanidine groups is 1. The van der Waals surface area contributed by atoms with Gasteiger partial charge in [-0.25, -0.2) is 0 Å². The molecule has 0 saturated heterocycles. The van der Waals surface area contributed by atoms with Crippen molar-refractivity contribution in [2.45, 2.75) is 38.7 Å². The van der Waals surface area contributed by atoms with Crippen molar-refractivity contribution < 1.29 is 9.52 Å². The van der Waals surface area contributed by atoms with Gasteiger partial charge >= 0.3 is 0 Å². The first-order chi connectivity index (χ1) is 11.8. The molecule has 1 aromatic heterocycles. The molecule has 136 valence electrons. The highest BCUT2D eigenvalue weighted by molar-refractivity contribution is 5.79. The second-order valence-electron chi connectivity index (χ2n) is 7.05. The Labute approximate surface area is 150 Å². The molecule has 5 nitrogen and oxygen atoms in total. The smallest absolute Gasteiger partial charge is 0.191 e. The SMILES string of the molecule is CCNC(=NCC(C)(C)c1ccccc1)NCC(C)(O)c1ccco1. The summed E-state index contributed by atoms with van der Waals surface area (Å²) in [7, 11) is 0. The Hall–Kier alpha value is -2.27. The number of hydrogen-bond donors (Lipinski definition) is 3. The molecule has 0 amide bonds. The van der Waals surface area contributed by atoms with Gasteiger partial charge in [0, 0.05) is 12.0 Å². The summed E-state index contributed by atoms with van der Waals surface area (Å²) in [4.78, 5) is 4.70. The Bertz CT molecular complexity index is 662. The molecule has 0 aliphatic heterocycles. The van der Waals surface area contributed by atoms with Crippen molar-refractivity contribution in [3.63, 3.8) is 0 Å². The Kier molecular flexibility index (Phi) is 6.26. The Morgan fingerprint density at radius 1 is 1.08 bits per heavy atom. The molecule has 2 aromatic rings. The van der Waals surface area contributed by atoms with E-state index in [9.17, 15) is 5.11 Å². The molecule has 0 radical (unpaired) electrons. The minimum Gasteiger partial charge on any atom is -0.466 e. The van der Waals surface area contributed by atoms with Crippen LogP contribution in [0, 0.1) is 0 Å². The van der Waals surface area contributed by atoms with E-state index >= 15 is 0 Å². The van der Waals surface area contributed by atoms with Gasteiger partial charge in [0.15, 0.2) is 5.96 Å². The molecule has 0 spiro atoms. The molecule has 25 heavy (non-hydrogen) atoms. The van der Waals surface area contributed by atoms with Gasteiger partial charge in [-0.05, 0) is 31.5 Å². The highest BCUT2D eigenvalue weighted by atomic mass is 16.4. The molecule has 3 N–H and O–H groups in total. The molecule has 0 fully saturated rings. The molecule has 0 saturated carbocycles. The van der Waals surface area contributed by atoms with Gasteiger partial charge in [-0.3, -0.25) is 4.99 Å². The average Bonchev–Trinajstić information content (AvgIpc) is 3.14. The number of aliphatic hydroxyl groups is 1. The van der Waals surface area contributed by atoms with Gasteiger partial charge in [0.2, 0.25) is 0 Å². The normalized spacial score (nSPS) is 14.8. The van der Waals surface area contributed by atoms with Crippen molar-refractivity contribution in [1.29, 1.82) is 0 Å². The minimum absolute atomic E-state index is 0.0762. The van der Waals surface area contributed by atoms with Crippen LogP contribution in [0.2, 0.25) is 0 Å². The maximum absolute atomic E-state index is 10.6. The molecule has 1 heterocycles. The first-order valence-electron chi connectivity index (χ1n) is 8.69. The van der Waals surface area contributed by atoms with Gasteiger partial charge < -0.3 is 20.2 Å². The van der Waals surface area contributed by atoms with Gasteiger partial charge in [0.25, 0.3) is 0 Å². The molecule has 5 heteroatoms. The summed E-state index contributed by atoms with van der Waals surface area (Å²) >= 11 is 0. The van der Waals surface area contributed by atoms with E-state index in [0.717, 1.165) is 6.54 Å². The lowest BCUT2D eigenvalue weighted by Crippen LogP contribution is -2.45. The summed E-state index contributed by atoms with van der Waals surface area (Å²) in [6.07, 6.45) is 1.56. The van der Waals surface area contributed by atoms with Crippen LogP contribution in [0.1, 0.15) is 39.0 Å². The number of hydrogen-bond acceptors (Lipinski definition) is 3. The van der Waals surface area contributed by atoms with E-state index in [1.807, 2.05) is 25.1 Å². The van der Waals surface area contributed by atoms with Gasteiger partial charge in [-0.15, -0.1) is 0 Å². The third-order valence-corrected chi connectivity index (χ3v) is 4.18. The molecular weight excluding hydrogens is 314 g/mol. The minimum atomic E-state index is -1.10. The summed E-state index contributed by atoms with van der Waals surface area (Å²) in [5.74, 6) is 1.21. The van der Waals surface area contributed by atoms with Crippen molar-refractivity contribution in [2.24, 2.45) is 4.99 Å². The van der Waals surface area contributed by atoms with Crippen LogP contribution >= 0.6 is 0 Å². The third-order valence-electron chi connectivity index (χ3n) is 4.18. The lowest BCUT2D eigenvalue weighted by atomic mass is 9.85. The predicted octanol–water partition coefficient (Wildman–Crippen LogP) is 3.02. The van der Waals surface area contributed by atoms with E-state index in [1.165, 1.54) is 5.56 Å². The van der Waals surface area contributed by atoms with Crippen LogP contribution in [-0.2, 0) is 11.0 Å². The predicted molar refractivity (Wildman–Crippen MR) is 102 cm³/mol. The van der Waals surface area contributed by atoms with Crippen LogP contribution in [0.3, 0.4) is 0 Å². The topological polar surface area (TPSA) is 69.8 Å². The van der Waals surface area contributed by atoms with Crippen molar-refractivity contribution >= 4 is 5.96 Å². The van der Waals surface area contributed by atoms with Crippen LogP contribution in [-0.4, -0.2) is 30.7 Å². The van der Waals surface area contributed by atoms with E-state index in [0.29, 0.717) is 24.8 Å². The highest BCUT2D eigenvalue weighted by Gasteiger charge is 2.26. The molecule has 1 unspecified atom stereocenters. The Balaban J connectivity index is 2.03. The zero-order valence-electron chi connectivity index (χ0n) is 15.5. The van der Waals surface area contributed by atoms with E-state index in [-0.39, 0.29) is 5.41 Å². The van der Waals surface area contributed by atoms with Crippen molar-refractivity contribution in [3.05, 3.63) is 60.1 Å². The number of furan rings is 1. The molecule has 1 aromatic carbocycles. The lowest BCUT2D eigenvalue weighted by molar-refractivity contribution is 0.0386. The maximum Gasteiger partial charge on any atom is 0.191 e. The van der Waals surface area contributed by atoms with Crippen molar-refractivity contribution in [3.8, 4) is 0 Å². The van der Waals surface area contributed by atoms with Gasteiger partial charge in [-0.2, -0.15) is 0 Å². The molecular formula is C20H29N3O2. The summed E-state index contributed by atoms with van der Waals surface area (Å²) in [5.41, 5.74) is 0.0686. The zero-order valence-corrected chi connectivity index (χ0v) is 15.5. The highest BCUT2D eigenvalue weighted by Crippen LogP contribution is 2.23. The first-order valence-corrected chi connectivity index (χ1v) is 8.69. The van der Waals surface area contributed by atoms with E-state index in [2.05, 4.69) is 36.6 Å². The zero-order chi connectivity index (χ0) is 18.3. The molecule has 0 aliphatic rings. The fourth-order valence-electron chi connectivity index (χ4n) is 2.53. The number of nitrogens with zero attached hydrogens (tertiary/aromatic N) is 1. The second-order valence-corrected chi connectivity index (χ2v) is 7.05. The Morgan fingerprint density at radius 3 is 2.40 bits per heavy atom. The largest absolute Gasteiger partial charge is 0.466 e. The monoisotopic (exact) mass is 343 g/mol. The number of nitrogens with one attached hydrogen (secondary N) is 2. The van der Waals surface area contributed by atoms with Gasteiger partial charge in [-0.1, -0.05) is 44.2 Å². The van der Waals surface area contributed by atoms with E-state index in [4.69, 9.17) is 9.41 Å². The van der Waals surface area contributed by atoms with Crippen LogP contribution in [0.5, 0.6) is 0 Å². The van der Waals surface area contributed by atoms with Crippen LogP contribution < -0.4 is 10.6 Å². The average molecular weight is 343 g/mol. The molecule has 0 bridgehead atoms. The number of benzene rings is 1. The van der Waals surface area contributed by atoms with Crippen LogP contribution in [0.25, 0.3) is 0 Å². The van der Waals surface area contributed by atoms with E-state index in [1.54, 1.807) is 25.3 Å². The first kappa shape index (κ1) is 19.1. The van der Waals surface area contributed by atoms with Gasteiger partial charge in [0.1, 0.15) is 11.4 Å². The third kappa shape index (κ3) is 5.36. The summed E-state index contributed by atoms with van der Waals surface area (Å²) in [5, 5.41) is 17.0. The summed E-state index contributed by atoms with van der Waals surface area (Å²) in [6.45, 7) is 9.77. The maximum atomic E-state index is 10.6. The van der Waals surface area contributed by atoms with Gasteiger partial charge in [0.05, 0.1) is 19.4 Å². The summed E-state index contributed by atoms with van der Waals surface area (Å²) in [6, 6.07) is 13.9. The molecule has 1 atom stereocenters. The fraction of sp³-hybridized carbons (Fsp3) is 0.450. The standard InChI is InChI=1S/C20H29N3O2/c1-5-21-18(23-15-20(4,24)17-12-9-13-25-17)22-14-19(2,3)16-10-7-6-8-11-16/h6-13,24H,5,14-15H2,1-4H3,(H2,21,22,23). The molecule has 0 aliphatic carbocycles. The van der Waals surface area contributed by atoms with Crippen molar-refractivity contribution in [2.75, 3.05) is 19.6 Å².